The zero-order chi connectivity index (χ0) is 14.0. The first kappa shape index (κ1) is 13.5. The van der Waals surface area contributed by atoms with Crippen LogP contribution in [0.25, 0.3) is 0 Å². The highest BCUT2D eigenvalue weighted by Gasteiger charge is 2.27. The Labute approximate surface area is 110 Å². The third-order valence-corrected chi connectivity index (χ3v) is 3.29. The van der Waals surface area contributed by atoms with Crippen LogP contribution < -0.4 is 5.63 Å². The molecule has 0 bridgehead atoms. The standard InChI is InChI=1S/C14H16O5/c1-8-7-12(16)18-9(2)13(8)14(17)19-11-6-4-3-5-10(11)15/h7,11H,3-6H2,1-2H3/t11-/m1/s1. The number of esters is 1. The van der Waals surface area contributed by atoms with Crippen molar-refractivity contribution < 1.29 is 18.7 Å². The average molecular weight is 264 g/mol. The van der Waals surface area contributed by atoms with Crippen molar-refractivity contribution in [2.24, 2.45) is 0 Å². The Morgan fingerprint density at radius 3 is 2.68 bits per heavy atom. The van der Waals surface area contributed by atoms with Gasteiger partial charge in [-0.1, -0.05) is 0 Å². The van der Waals surface area contributed by atoms with E-state index in [1.165, 1.54) is 13.0 Å². The van der Waals surface area contributed by atoms with Crippen LogP contribution in [-0.4, -0.2) is 17.9 Å². The third-order valence-electron chi connectivity index (χ3n) is 3.29. The Hall–Kier alpha value is -1.91. The van der Waals surface area contributed by atoms with Gasteiger partial charge in [-0.15, -0.1) is 0 Å². The maximum Gasteiger partial charge on any atom is 0.342 e. The van der Waals surface area contributed by atoms with E-state index in [4.69, 9.17) is 9.15 Å². The van der Waals surface area contributed by atoms with Crippen LogP contribution in [0.5, 0.6) is 0 Å². The molecule has 0 aliphatic heterocycles. The van der Waals surface area contributed by atoms with Crippen LogP contribution in [0, 0.1) is 13.8 Å². The molecule has 5 nitrogen and oxygen atoms in total. The van der Waals surface area contributed by atoms with Gasteiger partial charge in [0.1, 0.15) is 11.3 Å². The van der Waals surface area contributed by atoms with Gasteiger partial charge in [0, 0.05) is 12.5 Å². The van der Waals surface area contributed by atoms with Gasteiger partial charge in [-0.05, 0) is 38.7 Å². The molecular weight excluding hydrogens is 248 g/mol. The Balaban J connectivity index is 2.20. The summed E-state index contributed by atoms with van der Waals surface area (Å²) in [6, 6.07) is 1.24. The van der Waals surface area contributed by atoms with Crippen LogP contribution in [-0.2, 0) is 9.53 Å². The number of carbonyl (C=O) groups is 2. The van der Waals surface area contributed by atoms with Gasteiger partial charge < -0.3 is 9.15 Å². The lowest BCUT2D eigenvalue weighted by molar-refractivity contribution is -0.129. The van der Waals surface area contributed by atoms with Crippen molar-refractivity contribution >= 4 is 11.8 Å². The first-order valence-corrected chi connectivity index (χ1v) is 6.34. The van der Waals surface area contributed by atoms with Gasteiger partial charge in [-0.2, -0.15) is 0 Å². The lowest BCUT2D eigenvalue weighted by Gasteiger charge is -2.21. The van der Waals surface area contributed by atoms with Crippen molar-refractivity contribution in [3.8, 4) is 0 Å². The lowest BCUT2D eigenvalue weighted by atomic mass is 9.96. The summed E-state index contributed by atoms with van der Waals surface area (Å²) in [5, 5.41) is 0. The van der Waals surface area contributed by atoms with Gasteiger partial charge in [0.2, 0.25) is 0 Å². The van der Waals surface area contributed by atoms with Gasteiger partial charge in [0.25, 0.3) is 0 Å². The lowest BCUT2D eigenvalue weighted by Crippen LogP contribution is -2.30. The van der Waals surface area contributed by atoms with Crippen LogP contribution in [0.2, 0.25) is 0 Å². The Morgan fingerprint density at radius 1 is 1.32 bits per heavy atom. The number of hydrogen-bond acceptors (Lipinski definition) is 5. The zero-order valence-electron chi connectivity index (χ0n) is 11.0. The van der Waals surface area contributed by atoms with Crippen molar-refractivity contribution in [3.63, 3.8) is 0 Å². The molecule has 1 fully saturated rings. The fraction of sp³-hybridized carbons (Fsp3) is 0.500. The number of aryl methyl sites for hydroxylation is 2. The largest absolute Gasteiger partial charge is 0.451 e. The molecule has 102 valence electrons. The van der Waals surface area contributed by atoms with Crippen LogP contribution in [0.1, 0.15) is 47.4 Å². The molecule has 1 aromatic heterocycles. The van der Waals surface area contributed by atoms with Gasteiger partial charge in [0.15, 0.2) is 11.9 Å². The Bertz CT molecular complexity index is 543. The number of hydrogen-bond donors (Lipinski definition) is 0. The summed E-state index contributed by atoms with van der Waals surface area (Å²) in [6.45, 7) is 3.18. The first-order chi connectivity index (χ1) is 8.99. The summed E-state index contributed by atoms with van der Waals surface area (Å²) in [6.07, 6.45) is 2.10. The van der Waals surface area contributed by atoms with Crippen LogP contribution in [0.4, 0.5) is 0 Å². The summed E-state index contributed by atoms with van der Waals surface area (Å²) >= 11 is 0. The number of ketones is 1. The number of carbonyl (C=O) groups excluding carboxylic acids is 2. The third kappa shape index (κ3) is 2.92. The van der Waals surface area contributed by atoms with Gasteiger partial charge in [-0.25, -0.2) is 9.59 Å². The molecule has 0 amide bonds. The van der Waals surface area contributed by atoms with E-state index in [2.05, 4.69) is 0 Å². The quantitative estimate of drug-likeness (QED) is 0.763. The second kappa shape index (κ2) is 5.38. The van der Waals surface area contributed by atoms with Crippen molar-refractivity contribution in [2.75, 3.05) is 0 Å². The number of Topliss-reactive ketones (excluding diaryl/α,β-unsaturated/α-hetero) is 1. The minimum atomic E-state index is -0.660. The van der Waals surface area contributed by atoms with Crippen LogP contribution in [0.15, 0.2) is 15.3 Å². The normalized spacial score (nSPS) is 19.3. The fourth-order valence-corrected chi connectivity index (χ4v) is 2.33. The predicted molar refractivity (Wildman–Crippen MR) is 67.1 cm³/mol. The van der Waals surface area contributed by atoms with Crippen LogP contribution in [0.3, 0.4) is 0 Å². The predicted octanol–water partition coefficient (Wildman–Crippen LogP) is 1.93. The van der Waals surface area contributed by atoms with Gasteiger partial charge in [0.05, 0.1) is 0 Å². The molecule has 19 heavy (non-hydrogen) atoms. The molecule has 0 N–H and O–H groups in total. The summed E-state index contributed by atoms with van der Waals surface area (Å²) in [7, 11) is 0. The molecule has 0 radical (unpaired) electrons. The zero-order valence-corrected chi connectivity index (χ0v) is 11.0. The summed E-state index contributed by atoms with van der Waals surface area (Å²) in [4.78, 5) is 34.9. The molecule has 2 rings (SSSR count). The average Bonchev–Trinajstić information content (AvgIpc) is 2.30. The van der Waals surface area contributed by atoms with Crippen LogP contribution >= 0.6 is 0 Å². The Kier molecular flexibility index (Phi) is 3.83. The molecule has 0 saturated heterocycles. The highest BCUT2D eigenvalue weighted by atomic mass is 16.5. The highest BCUT2D eigenvalue weighted by molar-refractivity contribution is 5.94. The fourth-order valence-electron chi connectivity index (χ4n) is 2.33. The molecule has 1 aromatic rings. The van der Waals surface area contributed by atoms with E-state index in [9.17, 15) is 14.4 Å². The second-order valence-electron chi connectivity index (χ2n) is 4.79. The van der Waals surface area contributed by atoms with E-state index in [0.29, 0.717) is 18.4 Å². The van der Waals surface area contributed by atoms with Crippen molar-refractivity contribution in [3.05, 3.63) is 33.4 Å². The topological polar surface area (TPSA) is 73.6 Å². The number of rotatable bonds is 2. The first-order valence-electron chi connectivity index (χ1n) is 6.34. The smallest absolute Gasteiger partial charge is 0.342 e. The summed E-state index contributed by atoms with van der Waals surface area (Å²) in [5.74, 6) is -0.412. The van der Waals surface area contributed by atoms with Crippen molar-refractivity contribution in [1.82, 2.24) is 0 Å². The maximum atomic E-state index is 12.1. The van der Waals surface area contributed by atoms with Crippen molar-refractivity contribution in [1.29, 1.82) is 0 Å². The van der Waals surface area contributed by atoms with Gasteiger partial charge >= 0.3 is 11.6 Å². The molecule has 0 spiro atoms. The van der Waals surface area contributed by atoms with E-state index in [1.807, 2.05) is 0 Å². The number of ether oxygens (including phenoxy) is 1. The van der Waals surface area contributed by atoms with E-state index in [0.717, 1.165) is 12.8 Å². The molecule has 1 saturated carbocycles. The van der Waals surface area contributed by atoms with E-state index >= 15 is 0 Å². The monoisotopic (exact) mass is 264 g/mol. The van der Waals surface area contributed by atoms with E-state index < -0.39 is 17.7 Å². The molecule has 5 heteroatoms. The Morgan fingerprint density at radius 2 is 2.05 bits per heavy atom. The molecule has 0 aromatic carbocycles. The molecule has 1 heterocycles. The minimum absolute atomic E-state index is 0.0349. The minimum Gasteiger partial charge on any atom is -0.451 e. The molecular formula is C14H16O5. The van der Waals surface area contributed by atoms with E-state index in [1.54, 1.807) is 6.92 Å². The van der Waals surface area contributed by atoms with Gasteiger partial charge in [-0.3, -0.25) is 4.79 Å². The second-order valence-corrected chi connectivity index (χ2v) is 4.79. The maximum absolute atomic E-state index is 12.1. The highest BCUT2D eigenvalue weighted by Crippen LogP contribution is 2.20. The SMILES string of the molecule is Cc1cc(=O)oc(C)c1C(=O)O[C@@H]1CCCCC1=O. The summed E-state index contributed by atoms with van der Waals surface area (Å²) in [5.41, 5.74) is 0.236. The van der Waals surface area contributed by atoms with Crippen molar-refractivity contribution in [2.45, 2.75) is 45.6 Å². The molecule has 1 atom stereocenters. The summed E-state index contributed by atoms with van der Waals surface area (Å²) < 4.78 is 10.1. The molecule has 0 unspecified atom stereocenters. The molecule has 1 aliphatic carbocycles. The molecule has 1 aliphatic rings. The van der Waals surface area contributed by atoms with E-state index in [-0.39, 0.29) is 17.1 Å².